The average Bonchev–Trinajstić information content (AvgIpc) is 2.74. The van der Waals surface area contributed by atoms with Crippen molar-refractivity contribution < 1.29 is 19.5 Å². The first-order valence-corrected chi connectivity index (χ1v) is 9.48. The second kappa shape index (κ2) is 9.32. The van der Waals surface area contributed by atoms with Crippen LogP contribution in [0.25, 0.3) is 11.5 Å². The highest BCUT2D eigenvalue weighted by molar-refractivity contribution is 7.81. The monoisotopic (exact) mass is 406 g/mol. The number of nitrogens with zero attached hydrogens (tertiary/aromatic N) is 1. The molecule has 0 amide bonds. The quantitative estimate of drug-likeness (QED) is 0.285. The minimum absolute atomic E-state index is 0.136. The van der Waals surface area contributed by atoms with E-state index >= 15 is 0 Å². The summed E-state index contributed by atoms with van der Waals surface area (Å²) in [6.45, 7) is 1.85. The minimum atomic E-state index is -0.238. The molecule has 0 saturated heterocycles. The molecular formula is C23H22N2O3S. The maximum Gasteiger partial charge on any atom is 0.238 e. The molecule has 29 heavy (non-hydrogen) atoms. The topological polar surface area (TPSA) is 68.4 Å². The van der Waals surface area contributed by atoms with Crippen LogP contribution >= 0.6 is 12.2 Å². The number of pyridine rings is 1. The molecule has 0 aliphatic heterocycles. The first-order chi connectivity index (χ1) is 14.0. The number of aromatic nitrogens is 1. The third kappa shape index (κ3) is 4.99. The van der Waals surface area contributed by atoms with Gasteiger partial charge in [-0.3, -0.25) is 0 Å². The number of hydrogen-bond acceptors (Lipinski definition) is 4. The highest BCUT2D eigenvalue weighted by Gasteiger charge is 2.19. The lowest BCUT2D eigenvalue weighted by Gasteiger charge is -2.17. The minimum Gasteiger partial charge on any atom is -0.867 e. The number of nitrogens with one attached hydrogen (secondary N) is 1. The lowest BCUT2D eigenvalue weighted by molar-refractivity contribution is -0.578. The Kier molecular flexibility index (Phi) is 6.59. The number of methoxy groups -OCH3 is 1. The first kappa shape index (κ1) is 20.5. The van der Waals surface area contributed by atoms with Gasteiger partial charge in [0.05, 0.1) is 13.7 Å². The van der Waals surface area contributed by atoms with Gasteiger partial charge < -0.3 is 20.3 Å². The first-order valence-electron chi connectivity index (χ1n) is 9.07. The fraction of sp³-hybridized carbons (Fsp3) is 0.130. The van der Waals surface area contributed by atoms with Crippen LogP contribution in [0.2, 0.25) is 0 Å². The normalized spacial score (nSPS) is 11.6. The van der Waals surface area contributed by atoms with Gasteiger partial charge in [0, 0.05) is 17.3 Å². The molecular weight excluding hydrogens is 384 g/mol. The smallest absolute Gasteiger partial charge is 0.238 e. The Morgan fingerprint density at radius 3 is 2.55 bits per heavy atom. The van der Waals surface area contributed by atoms with Gasteiger partial charge in [-0.2, -0.15) is 4.57 Å². The van der Waals surface area contributed by atoms with Crippen LogP contribution < -0.4 is 19.7 Å². The van der Waals surface area contributed by atoms with Crippen LogP contribution in [0.3, 0.4) is 0 Å². The Morgan fingerprint density at radius 2 is 1.90 bits per heavy atom. The molecule has 0 spiro atoms. The predicted octanol–water partition coefficient (Wildman–Crippen LogP) is 2.91. The lowest BCUT2D eigenvalue weighted by Crippen LogP contribution is -2.40. The maximum atomic E-state index is 13.4. The van der Waals surface area contributed by atoms with Crippen molar-refractivity contribution >= 4 is 34.3 Å². The number of ether oxygens (including phenoxy) is 1. The predicted molar refractivity (Wildman–Crippen MR) is 116 cm³/mol. The van der Waals surface area contributed by atoms with E-state index in [2.05, 4.69) is 5.32 Å². The number of aliphatic hydroxyl groups excluding tert-OH is 1. The van der Waals surface area contributed by atoms with Crippen molar-refractivity contribution in [3.8, 4) is 5.75 Å². The molecule has 6 heteroatoms. The van der Waals surface area contributed by atoms with E-state index in [1.807, 2.05) is 31.2 Å². The van der Waals surface area contributed by atoms with Gasteiger partial charge in [0.15, 0.2) is 17.4 Å². The summed E-state index contributed by atoms with van der Waals surface area (Å²) in [6, 6.07) is 18.2. The van der Waals surface area contributed by atoms with Crippen molar-refractivity contribution in [2.24, 2.45) is 0 Å². The highest BCUT2D eigenvalue weighted by atomic mass is 32.1. The van der Waals surface area contributed by atoms with Gasteiger partial charge in [-0.25, -0.2) is 0 Å². The van der Waals surface area contributed by atoms with E-state index in [0.717, 1.165) is 11.3 Å². The zero-order chi connectivity index (χ0) is 20.8. The lowest BCUT2D eigenvalue weighted by atomic mass is 10.1. The van der Waals surface area contributed by atoms with Crippen LogP contribution in [0.15, 0.2) is 73.1 Å². The Hall–Kier alpha value is -3.22. The van der Waals surface area contributed by atoms with E-state index in [0.29, 0.717) is 22.6 Å². The Labute approximate surface area is 175 Å². The molecule has 2 N–H and O–H groups in total. The van der Waals surface area contributed by atoms with Crippen LogP contribution in [-0.4, -0.2) is 17.2 Å². The summed E-state index contributed by atoms with van der Waals surface area (Å²) < 4.78 is 6.81. The van der Waals surface area contributed by atoms with Crippen molar-refractivity contribution in [3.63, 3.8) is 0 Å². The zero-order valence-corrected chi connectivity index (χ0v) is 17.1. The third-order valence-corrected chi connectivity index (χ3v) is 4.66. The Balaban J connectivity index is 2.08. The molecule has 5 nitrogen and oxygen atoms in total. The zero-order valence-electron chi connectivity index (χ0n) is 16.3. The molecule has 148 valence electrons. The molecule has 0 aliphatic rings. The fourth-order valence-corrected chi connectivity index (χ4v) is 3.20. The number of hydrogen-bond donors (Lipinski definition) is 2. The van der Waals surface area contributed by atoms with Gasteiger partial charge in [0.1, 0.15) is 5.75 Å². The fourth-order valence-electron chi connectivity index (χ4n) is 2.89. The molecule has 0 atom stereocenters. The van der Waals surface area contributed by atoms with E-state index in [-0.39, 0.29) is 17.4 Å². The number of aliphatic hydroxyl groups is 1. The van der Waals surface area contributed by atoms with Crippen LogP contribution in [0, 0.1) is 6.92 Å². The van der Waals surface area contributed by atoms with Crippen molar-refractivity contribution in [1.29, 1.82) is 0 Å². The maximum absolute atomic E-state index is 13.4. The van der Waals surface area contributed by atoms with Gasteiger partial charge >= 0.3 is 0 Å². The van der Waals surface area contributed by atoms with E-state index in [1.54, 1.807) is 60.5 Å². The van der Waals surface area contributed by atoms with Crippen molar-refractivity contribution in [1.82, 2.24) is 0 Å². The van der Waals surface area contributed by atoms with Gasteiger partial charge in [-0.05, 0) is 54.1 Å². The number of benzene rings is 2. The van der Waals surface area contributed by atoms with Crippen LogP contribution in [-0.2, 0) is 6.61 Å². The molecule has 0 fully saturated rings. The summed E-state index contributed by atoms with van der Waals surface area (Å²) in [4.78, 5) is 0.288. The second-order valence-corrected chi connectivity index (χ2v) is 6.92. The molecule has 0 bridgehead atoms. The number of aryl methyl sites for hydroxylation is 1. The Morgan fingerprint density at radius 1 is 1.14 bits per heavy atom. The number of rotatable bonds is 6. The molecule has 1 aromatic heterocycles. The van der Waals surface area contributed by atoms with Crippen LogP contribution in [0.4, 0.5) is 5.69 Å². The molecule has 3 rings (SSSR count). The molecule has 0 aliphatic carbocycles. The molecule has 1 heterocycles. The summed E-state index contributed by atoms with van der Waals surface area (Å²) in [6.07, 6.45) is 3.43. The van der Waals surface area contributed by atoms with Gasteiger partial charge in [0.2, 0.25) is 5.70 Å². The SMILES string of the molecule is COc1ccc(/C([O-])=C(/C(=S)Nc2cccc(C)c2)[n+]2cccc(CO)c2)cc1. The molecule has 0 unspecified atom stereocenters. The average molecular weight is 407 g/mol. The highest BCUT2D eigenvalue weighted by Crippen LogP contribution is 2.20. The Bertz CT molecular complexity index is 1050. The van der Waals surface area contributed by atoms with Crippen LogP contribution in [0.5, 0.6) is 5.75 Å². The largest absolute Gasteiger partial charge is 0.867 e. The molecule has 2 aromatic carbocycles. The van der Waals surface area contributed by atoms with Gasteiger partial charge in [0.25, 0.3) is 0 Å². The molecule has 0 radical (unpaired) electrons. The van der Waals surface area contributed by atoms with Crippen LogP contribution in [0.1, 0.15) is 16.7 Å². The summed E-state index contributed by atoms with van der Waals surface area (Å²) >= 11 is 5.61. The van der Waals surface area contributed by atoms with Crippen molar-refractivity contribution in [2.75, 3.05) is 12.4 Å². The van der Waals surface area contributed by atoms with Gasteiger partial charge in [-0.15, -0.1) is 0 Å². The van der Waals surface area contributed by atoms with E-state index < -0.39 is 0 Å². The van der Waals surface area contributed by atoms with Crippen molar-refractivity contribution in [2.45, 2.75) is 13.5 Å². The van der Waals surface area contributed by atoms with E-state index in [4.69, 9.17) is 17.0 Å². The third-order valence-electron chi connectivity index (χ3n) is 4.36. The molecule has 3 aromatic rings. The second-order valence-electron chi connectivity index (χ2n) is 6.51. The van der Waals surface area contributed by atoms with E-state index in [1.165, 1.54) is 0 Å². The number of thiocarbonyl (C=S) groups is 1. The number of anilines is 1. The summed E-state index contributed by atoms with van der Waals surface area (Å²) in [5, 5.41) is 26.0. The van der Waals surface area contributed by atoms with E-state index in [9.17, 15) is 10.2 Å². The summed E-state index contributed by atoms with van der Waals surface area (Å²) in [7, 11) is 1.57. The summed E-state index contributed by atoms with van der Waals surface area (Å²) in [5.41, 5.74) is 3.33. The molecule has 0 saturated carbocycles. The van der Waals surface area contributed by atoms with Crippen molar-refractivity contribution in [3.05, 3.63) is 89.7 Å². The summed E-state index contributed by atoms with van der Waals surface area (Å²) in [5.74, 6) is 0.427. The standard InChI is InChI=1S/C23H22N2O3S/c1-16-5-3-7-19(13-16)24-23(29)21(25-12-4-6-17(14-25)15-26)22(27)18-8-10-20(28-2)11-9-18/h3-14,26H,15H2,1-2H3,(H-,24,27,29). The van der Waals surface area contributed by atoms with Gasteiger partial charge in [-0.1, -0.05) is 36.5 Å².